The van der Waals surface area contributed by atoms with E-state index in [4.69, 9.17) is 0 Å². The predicted molar refractivity (Wildman–Crippen MR) is 84.3 cm³/mol. The van der Waals surface area contributed by atoms with Gasteiger partial charge in [-0.15, -0.1) is 0 Å². The summed E-state index contributed by atoms with van der Waals surface area (Å²) in [7, 11) is 0. The smallest absolute Gasteiger partial charge is 0.254 e. The minimum atomic E-state index is 0.0824. The number of amides is 1. The average molecular weight is 312 g/mol. The maximum Gasteiger partial charge on any atom is 0.254 e. The van der Waals surface area contributed by atoms with E-state index < -0.39 is 0 Å². The summed E-state index contributed by atoms with van der Waals surface area (Å²) in [6, 6.07) is 4.08. The molecule has 2 aliphatic heterocycles. The Morgan fingerprint density at radius 2 is 2.17 bits per heavy atom. The van der Waals surface area contributed by atoms with Crippen LogP contribution in [0.3, 0.4) is 0 Å². The number of nitrogens with zero attached hydrogens (tertiary/aromatic N) is 6. The predicted octanol–water partition coefficient (Wildman–Crippen LogP) is 0.973. The Labute approximate surface area is 134 Å². The Hall–Kier alpha value is -2.28. The molecule has 23 heavy (non-hydrogen) atoms. The molecule has 2 aliphatic rings. The third kappa shape index (κ3) is 2.84. The van der Waals surface area contributed by atoms with Crippen molar-refractivity contribution in [1.29, 1.82) is 0 Å². The summed E-state index contributed by atoms with van der Waals surface area (Å²) in [5.74, 6) is 0.698. The van der Waals surface area contributed by atoms with Crippen molar-refractivity contribution in [3.63, 3.8) is 0 Å². The summed E-state index contributed by atoms with van der Waals surface area (Å²) in [6.45, 7) is 3.80. The number of hydrogen-bond acceptors (Lipinski definition) is 5. The number of piperidine rings is 1. The molecule has 2 aromatic rings. The first-order chi connectivity index (χ1) is 11.3. The van der Waals surface area contributed by atoms with Gasteiger partial charge in [0.05, 0.1) is 0 Å². The molecule has 1 amide bonds. The van der Waals surface area contributed by atoms with Crippen molar-refractivity contribution >= 4 is 5.91 Å². The van der Waals surface area contributed by atoms with Gasteiger partial charge in [-0.1, -0.05) is 6.42 Å². The third-order valence-electron chi connectivity index (χ3n) is 4.77. The van der Waals surface area contributed by atoms with Crippen molar-refractivity contribution in [2.75, 3.05) is 26.2 Å². The second kappa shape index (κ2) is 6.08. The first kappa shape index (κ1) is 14.3. The van der Waals surface area contributed by atoms with Crippen LogP contribution in [0, 0.1) is 0 Å². The number of carbonyl (C=O) groups excluding carboxylic acids is 1. The van der Waals surface area contributed by atoms with Crippen molar-refractivity contribution < 1.29 is 4.79 Å². The van der Waals surface area contributed by atoms with Crippen molar-refractivity contribution in [3.05, 3.63) is 36.5 Å². The highest BCUT2D eigenvalue weighted by atomic mass is 16.2. The molecule has 1 unspecified atom stereocenters. The van der Waals surface area contributed by atoms with Crippen molar-refractivity contribution in [1.82, 2.24) is 29.5 Å². The number of rotatable bonds is 2. The van der Waals surface area contributed by atoms with E-state index in [0.29, 0.717) is 17.4 Å². The molecule has 2 saturated heterocycles. The van der Waals surface area contributed by atoms with Crippen LogP contribution >= 0.6 is 0 Å². The van der Waals surface area contributed by atoms with Crippen molar-refractivity contribution in [3.8, 4) is 5.82 Å². The van der Waals surface area contributed by atoms with Gasteiger partial charge in [0.2, 0.25) is 0 Å². The maximum absolute atomic E-state index is 12.8. The lowest BCUT2D eigenvalue weighted by atomic mass is 9.99. The number of pyridine rings is 1. The van der Waals surface area contributed by atoms with E-state index in [2.05, 4.69) is 20.0 Å². The Morgan fingerprint density at radius 1 is 1.22 bits per heavy atom. The first-order valence-electron chi connectivity index (χ1n) is 8.15. The lowest BCUT2D eigenvalue weighted by Crippen LogP contribution is -2.56. The van der Waals surface area contributed by atoms with Crippen LogP contribution in [0.1, 0.15) is 29.6 Å². The molecule has 0 N–H and O–H groups in total. The molecule has 4 heterocycles. The number of piperazine rings is 1. The average Bonchev–Trinajstić information content (AvgIpc) is 3.15. The highest BCUT2D eigenvalue weighted by Gasteiger charge is 2.31. The first-order valence-corrected chi connectivity index (χ1v) is 8.15. The fourth-order valence-electron chi connectivity index (χ4n) is 3.53. The van der Waals surface area contributed by atoms with Gasteiger partial charge in [0.25, 0.3) is 5.91 Å². The van der Waals surface area contributed by atoms with Crippen LogP contribution in [0.15, 0.2) is 31.0 Å². The molecular formula is C16H20N6O. The maximum atomic E-state index is 12.8. The molecule has 1 atom stereocenters. The molecule has 120 valence electrons. The second-order valence-corrected chi connectivity index (χ2v) is 6.18. The van der Waals surface area contributed by atoms with Crippen LogP contribution in [0.2, 0.25) is 0 Å². The van der Waals surface area contributed by atoms with Gasteiger partial charge in [-0.3, -0.25) is 9.69 Å². The van der Waals surface area contributed by atoms with E-state index in [1.807, 2.05) is 4.90 Å². The molecule has 4 rings (SSSR count). The molecule has 0 bridgehead atoms. The quantitative estimate of drug-likeness (QED) is 0.827. The third-order valence-corrected chi connectivity index (χ3v) is 4.77. The Morgan fingerprint density at radius 3 is 3.04 bits per heavy atom. The molecule has 7 nitrogen and oxygen atoms in total. The van der Waals surface area contributed by atoms with E-state index in [1.165, 1.54) is 32.1 Å². The molecule has 2 fully saturated rings. The molecule has 0 aliphatic carbocycles. The topological polar surface area (TPSA) is 67.2 Å². The Kier molecular flexibility index (Phi) is 3.78. The van der Waals surface area contributed by atoms with Crippen LogP contribution in [-0.2, 0) is 0 Å². The molecule has 0 radical (unpaired) electrons. The van der Waals surface area contributed by atoms with Crippen LogP contribution in [0.4, 0.5) is 0 Å². The van der Waals surface area contributed by atoms with Gasteiger partial charge in [0.15, 0.2) is 5.82 Å². The zero-order chi connectivity index (χ0) is 15.6. The van der Waals surface area contributed by atoms with Gasteiger partial charge >= 0.3 is 0 Å². The second-order valence-electron chi connectivity index (χ2n) is 6.18. The number of carbonyl (C=O) groups is 1. The van der Waals surface area contributed by atoms with Crippen LogP contribution in [-0.4, -0.2) is 67.7 Å². The van der Waals surface area contributed by atoms with Crippen LogP contribution in [0.5, 0.6) is 0 Å². The van der Waals surface area contributed by atoms with Gasteiger partial charge in [-0.2, -0.15) is 5.10 Å². The summed E-state index contributed by atoms with van der Waals surface area (Å²) in [4.78, 5) is 25.5. The number of fused-ring (bicyclic) bond motifs is 1. The summed E-state index contributed by atoms with van der Waals surface area (Å²) in [5, 5.41) is 4.06. The fraction of sp³-hybridized carbons (Fsp3) is 0.500. The molecule has 0 saturated carbocycles. The summed E-state index contributed by atoms with van der Waals surface area (Å²) < 4.78 is 1.57. The summed E-state index contributed by atoms with van der Waals surface area (Å²) in [5.41, 5.74) is 0.662. The van der Waals surface area contributed by atoms with Gasteiger partial charge in [-0.05, 0) is 31.5 Å². The standard InChI is InChI=1S/C16H20N6O/c23-16(21-8-7-20-6-2-1-3-14(20)10-21)13-4-5-18-15(9-13)22-12-17-11-19-22/h4-5,9,11-12,14H,1-3,6-8,10H2. The Balaban J connectivity index is 1.52. The minimum Gasteiger partial charge on any atom is -0.336 e. The van der Waals surface area contributed by atoms with Gasteiger partial charge < -0.3 is 4.90 Å². The summed E-state index contributed by atoms with van der Waals surface area (Å²) >= 11 is 0. The largest absolute Gasteiger partial charge is 0.336 e. The minimum absolute atomic E-state index is 0.0824. The van der Waals surface area contributed by atoms with E-state index in [-0.39, 0.29) is 5.91 Å². The van der Waals surface area contributed by atoms with Crippen LogP contribution < -0.4 is 0 Å². The molecule has 2 aromatic heterocycles. The lowest BCUT2D eigenvalue weighted by Gasteiger charge is -2.44. The number of aromatic nitrogens is 4. The number of hydrogen-bond donors (Lipinski definition) is 0. The van der Waals surface area contributed by atoms with Gasteiger partial charge in [-0.25, -0.2) is 14.6 Å². The Bertz CT molecular complexity index is 686. The molecule has 7 heteroatoms. The van der Waals surface area contributed by atoms with Crippen molar-refractivity contribution in [2.24, 2.45) is 0 Å². The van der Waals surface area contributed by atoms with E-state index in [9.17, 15) is 4.79 Å². The fourth-order valence-corrected chi connectivity index (χ4v) is 3.53. The van der Waals surface area contributed by atoms with E-state index in [1.54, 1.807) is 29.3 Å². The van der Waals surface area contributed by atoms with E-state index in [0.717, 1.165) is 19.6 Å². The van der Waals surface area contributed by atoms with Crippen molar-refractivity contribution in [2.45, 2.75) is 25.3 Å². The molecule has 0 aromatic carbocycles. The SMILES string of the molecule is O=C(c1ccnc(-n2cncn2)c1)N1CCN2CCCCC2C1. The highest BCUT2D eigenvalue weighted by molar-refractivity contribution is 5.94. The molecule has 0 spiro atoms. The highest BCUT2D eigenvalue weighted by Crippen LogP contribution is 2.22. The molecular weight excluding hydrogens is 292 g/mol. The summed E-state index contributed by atoms with van der Waals surface area (Å²) in [6.07, 6.45) is 8.45. The normalized spacial score (nSPS) is 21.9. The lowest BCUT2D eigenvalue weighted by molar-refractivity contribution is 0.0372. The van der Waals surface area contributed by atoms with Gasteiger partial charge in [0.1, 0.15) is 12.7 Å². The van der Waals surface area contributed by atoms with Crippen LogP contribution in [0.25, 0.3) is 5.82 Å². The zero-order valence-corrected chi connectivity index (χ0v) is 13.0. The monoisotopic (exact) mass is 312 g/mol. The van der Waals surface area contributed by atoms with Gasteiger partial charge in [0, 0.05) is 37.4 Å². The zero-order valence-electron chi connectivity index (χ0n) is 13.0. The van der Waals surface area contributed by atoms with E-state index >= 15 is 0 Å².